The van der Waals surface area contributed by atoms with Crippen molar-refractivity contribution in [3.05, 3.63) is 65.5 Å². The first-order valence-corrected chi connectivity index (χ1v) is 5.84. The summed E-state index contributed by atoms with van der Waals surface area (Å²) in [6, 6.07) is 13.7. The van der Waals surface area contributed by atoms with Gasteiger partial charge in [-0.1, -0.05) is 48.6 Å². The maximum absolute atomic E-state index is 13.3. The Balaban J connectivity index is 2.02. The predicted octanol–water partition coefficient (Wildman–Crippen LogP) is 3.04. The number of para-hydroxylation sites is 1. The summed E-state index contributed by atoms with van der Waals surface area (Å²) >= 11 is 4.86. The quantitative estimate of drug-likeness (QED) is 0.859. The lowest BCUT2D eigenvalue weighted by molar-refractivity contribution is 0.290. The Hall–Kier alpha value is -1.94. The molecule has 0 aliphatic carbocycles. The molecule has 0 radical (unpaired) electrons. The summed E-state index contributed by atoms with van der Waals surface area (Å²) in [5.41, 5.74) is 7.23. The van der Waals surface area contributed by atoms with Crippen LogP contribution in [0.15, 0.2) is 48.5 Å². The number of hydrogen-bond donors (Lipinski definition) is 1. The second-order valence-corrected chi connectivity index (χ2v) is 4.22. The molecular weight excluding hydrogens is 249 g/mol. The highest BCUT2D eigenvalue weighted by Crippen LogP contribution is 2.17. The van der Waals surface area contributed by atoms with E-state index >= 15 is 0 Å². The Labute approximate surface area is 110 Å². The maximum Gasteiger partial charge on any atom is 0.165 e. The molecule has 0 aromatic heterocycles. The van der Waals surface area contributed by atoms with Crippen molar-refractivity contribution in [3.8, 4) is 5.75 Å². The third kappa shape index (κ3) is 3.05. The first-order valence-electron chi connectivity index (χ1n) is 5.43. The Bertz CT molecular complexity index is 554. The zero-order valence-electron chi connectivity index (χ0n) is 9.60. The van der Waals surface area contributed by atoms with Gasteiger partial charge in [-0.3, -0.25) is 0 Å². The van der Waals surface area contributed by atoms with Crippen molar-refractivity contribution in [2.45, 2.75) is 6.61 Å². The highest BCUT2D eigenvalue weighted by molar-refractivity contribution is 7.80. The van der Waals surface area contributed by atoms with Crippen LogP contribution in [-0.2, 0) is 6.61 Å². The van der Waals surface area contributed by atoms with E-state index in [0.29, 0.717) is 11.6 Å². The molecule has 4 heteroatoms. The van der Waals surface area contributed by atoms with Crippen LogP contribution in [0.4, 0.5) is 4.39 Å². The number of rotatable bonds is 4. The van der Waals surface area contributed by atoms with Gasteiger partial charge < -0.3 is 10.5 Å². The minimum atomic E-state index is -0.364. The lowest BCUT2D eigenvalue weighted by atomic mass is 10.1. The molecule has 2 rings (SSSR count). The minimum Gasteiger partial charge on any atom is -0.486 e. The van der Waals surface area contributed by atoms with Crippen LogP contribution in [0.3, 0.4) is 0 Å². The molecule has 2 aromatic rings. The number of thiocarbonyl (C=S) groups is 1. The second kappa shape index (κ2) is 5.60. The molecule has 2 N–H and O–H groups in total. The highest BCUT2D eigenvalue weighted by atomic mass is 32.1. The molecule has 0 saturated carbocycles. The fourth-order valence-electron chi connectivity index (χ4n) is 1.49. The smallest absolute Gasteiger partial charge is 0.165 e. The highest BCUT2D eigenvalue weighted by Gasteiger charge is 2.02. The average Bonchev–Trinajstić information content (AvgIpc) is 2.38. The van der Waals surface area contributed by atoms with Crippen molar-refractivity contribution in [2.75, 3.05) is 0 Å². The first kappa shape index (κ1) is 12.5. The molecule has 0 fully saturated rings. The largest absolute Gasteiger partial charge is 0.486 e. The van der Waals surface area contributed by atoms with Gasteiger partial charge in [0, 0.05) is 5.56 Å². The SMILES string of the molecule is NC(=S)c1ccc(COc2ccccc2F)cc1. The average molecular weight is 261 g/mol. The van der Waals surface area contributed by atoms with Crippen LogP contribution in [0, 0.1) is 5.82 Å². The third-order valence-corrected chi connectivity index (χ3v) is 2.71. The molecule has 0 unspecified atom stereocenters. The summed E-state index contributed by atoms with van der Waals surface area (Å²) in [6.45, 7) is 0.304. The first-order chi connectivity index (χ1) is 8.66. The molecule has 0 saturated heterocycles. The molecule has 0 aliphatic heterocycles. The molecule has 92 valence electrons. The van der Waals surface area contributed by atoms with E-state index < -0.39 is 0 Å². The van der Waals surface area contributed by atoms with Gasteiger partial charge in [0.2, 0.25) is 0 Å². The molecule has 0 spiro atoms. The summed E-state index contributed by atoms with van der Waals surface area (Å²) in [7, 11) is 0. The summed E-state index contributed by atoms with van der Waals surface area (Å²) in [5, 5.41) is 0. The van der Waals surface area contributed by atoms with E-state index in [4.69, 9.17) is 22.7 Å². The van der Waals surface area contributed by atoms with Crippen LogP contribution in [0.1, 0.15) is 11.1 Å². The van der Waals surface area contributed by atoms with Crippen molar-refractivity contribution < 1.29 is 9.13 Å². The van der Waals surface area contributed by atoms with Gasteiger partial charge >= 0.3 is 0 Å². The third-order valence-electron chi connectivity index (χ3n) is 2.47. The van der Waals surface area contributed by atoms with Crippen LogP contribution in [0.25, 0.3) is 0 Å². The van der Waals surface area contributed by atoms with Crippen LogP contribution in [0.5, 0.6) is 5.75 Å². The summed E-state index contributed by atoms with van der Waals surface area (Å²) < 4.78 is 18.7. The van der Waals surface area contributed by atoms with Gasteiger partial charge in [-0.25, -0.2) is 4.39 Å². The van der Waals surface area contributed by atoms with Crippen LogP contribution in [-0.4, -0.2) is 4.99 Å². The van der Waals surface area contributed by atoms with E-state index in [9.17, 15) is 4.39 Å². The van der Waals surface area contributed by atoms with E-state index in [1.165, 1.54) is 6.07 Å². The van der Waals surface area contributed by atoms with Gasteiger partial charge in [0.25, 0.3) is 0 Å². The Morgan fingerprint density at radius 1 is 1.11 bits per heavy atom. The lowest BCUT2D eigenvalue weighted by Crippen LogP contribution is -2.09. The Morgan fingerprint density at radius 3 is 2.39 bits per heavy atom. The number of ether oxygens (including phenoxy) is 1. The van der Waals surface area contributed by atoms with Gasteiger partial charge in [-0.05, 0) is 17.7 Å². The Kier molecular flexibility index (Phi) is 3.89. The molecule has 2 nitrogen and oxygen atoms in total. The molecule has 0 bridgehead atoms. The zero-order valence-corrected chi connectivity index (χ0v) is 10.4. The lowest BCUT2D eigenvalue weighted by Gasteiger charge is -2.07. The van der Waals surface area contributed by atoms with Gasteiger partial charge in [0.1, 0.15) is 11.6 Å². The van der Waals surface area contributed by atoms with Crippen molar-refractivity contribution in [3.63, 3.8) is 0 Å². The van der Waals surface area contributed by atoms with Crippen LogP contribution < -0.4 is 10.5 Å². The normalized spacial score (nSPS) is 10.1. The van der Waals surface area contributed by atoms with Crippen molar-refractivity contribution in [1.29, 1.82) is 0 Å². The molecule has 0 aliphatic rings. The van der Waals surface area contributed by atoms with Gasteiger partial charge in [0.15, 0.2) is 11.6 Å². The van der Waals surface area contributed by atoms with E-state index in [1.54, 1.807) is 18.2 Å². The van der Waals surface area contributed by atoms with Gasteiger partial charge in [-0.2, -0.15) is 0 Å². The number of benzene rings is 2. The van der Waals surface area contributed by atoms with Gasteiger partial charge in [0.05, 0.1) is 0 Å². The fourth-order valence-corrected chi connectivity index (χ4v) is 1.62. The standard InChI is InChI=1S/C14H12FNOS/c15-12-3-1-2-4-13(12)17-9-10-5-7-11(8-6-10)14(16)18/h1-8H,9H2,(H2,16,18). The molecular formula is C14H12FNOS. The monoisotopic (exact) mass is 261 g/mol. The molecule has 0 atom stereocenters. The zero-order chi connectivity index (χ0) is 13.0. The van der Waals surface area contributed by atoms with Crippen LogP contribution >= 0.6 is 12.2 Å². The number of hydrogen-bond acceptors (Lipinski definition) is 2. The summed E-state index contributed by atoms with van der Waals surface area (Å²) in [4.78, 5) is 0.358. The van der Waals surface area contributed by atoms with Crippen LogP contribution in [0.2, 0.25) is 0 Å². The topological polar surface area (TPSA) is 35.2 Å². The summed E-state index contributed by atoms with van der Waals surface area (Å²) in [6.07, 6.45) is 0. The Morgan fingerprint density at radius 2 is 1.78 bits per heavy atom. The van der Waals surface area contributed by atoms with Gasteiger partial charge in [-0.15, -0.1) is 0 Å². The van der Waals surface area contributed by atoms with E-state index in [2.05, 4.69) is 0 Å². The number of nitrogens with two attached hydrogens (primary N) is 1. The van der Waals surface area contributed by atoms with E-state index in [-0.39, 0.29) is 11.6 Å². The number of halogens is 1. The van der Waals surface area contributed by atoms with Crippen molar-refractivity contribution in [2.24, 2.45) is 5.73 Å². The van der Waals surface area contributed by atoms with E-state index in [0.717, 1.165) is 11.1 Å². The van der Waals surface area contributed by atoms with Crippen molar-refractivity contribution in [1.82, 2.24) is 0 Å². The predicted molar refractivity (Wildman–Crippen MR) is 73.1 cm³/mol. The van der Waals surface area contributed by atoms with E-state index in [1.807, 2.05) is 24.3 Å². The summed E-state index contributed by atoms with van der Waals surface area (Å²) in [5.74, 6) is -0.117. The molecule has 0 heterocycles. The second-order valence-electron chi connectivity index (χ2n) is 3.78. The molecule has 2 aromatic carbocycles. The minimum absolute atomic E-state index is 0.246. The molecule has 0 amide bonds. The fraction of sp³-hybridized carbons (Fsp3) is 0.0714. The van der Waals surface area contributed by atoms with Crippen molar-refractivity contribution >= 4 is 17.2 Å². The molecule has 18 heavy (non-hydrogen) atoms. The maximum atomic E-state index is 13.3.